The molecule has 1 atom stereocenters. The molecule has 2 amide bonds. The zero-order valence-corrected chi connectivity index (χ0v) is 32.4. The number of carbonyl (C=O) groups is 2. The van der Waals surface area contributed by atoms with Crippen LogP contribution in [0.1, 0.15) is 55.6 Å². The van der Waals surface area contributed by atoms with E-state index < -0.39 is 11.8 Å². The molecule has 5 aromatic rings. The molecule has 0 unspecified atom stereocenters. The molecule has 0 saturated carbocycles. The van der Waals surface area contributed by atoms with Crippen molar-refractivity contribution >= 4 is 45.2 Å². The van der Waals surface area contributed by atoms with E-state index in [4.69, 9.17) is 9.72 Å². The average molecular weight is 790 g/mol. The van der Waals surface area contributed by atoms with Crippen molar-refractivity contribution in [1.29, 1.82) is 5.26 Å². The molecule has 4 aliphatic heterocycles. The summed E-state index contributed by atoms with van der Waals surface area (Å²) in [6, 6.07) is 15.4. The molecule has 4 aliphatic rings. The molecule has 2 N–H and O–H groups in total. The Kier molecular flexibility index (Phi) is 10.5. The lowest BCUT2D eigenvalue weighted by Crippen LogP contribution is -2.49. The molecule has 0 bridgehead atoms. The maximum absolute atomic E-state index is 15.2. The molecule has 1 aromatic carbocycles. The van der Waals surface area contributed by atoms with Gasteiger partial charge in [-0.1, -0.05) is 17.4 Å². The van der Waals surface area contributed by atoms with Crippen molar-refractivity contribution < 1.29 is 18.7 Å². The van der Waals surface area contributed by atoms with Crippen molar-refractivity contribution in [2.75, 3.05) is 74.1 Å². The second-order valence-corrected chi connectivity index (χ2v) is 16.3. The normalized spacial score (nSPS) is 20.2. The van der Waals surface area contributed by atoms with E-state index in [1.165, 1.54) is 0 Å². The van der Waals surface area contributed by atoms with E-state index in [0.29, 0.717) is 23.5 Å². The Bertz CT molecular complexity index is 2320. The van der Waals surface area contributed by atoms with Gasteiger partial charge in [0.15, 0.2) is 5.01 Å². The minimum Gasteiger partial charge on any atom is -0.381 e. The number of aromatic nitrogens is 5. The fraction of sp³-hybridized carbons (Fsp3) is 0.439. The standard InChI is InChI=1S/C41H44FN11O3S/c42-34-20-29(1-3-31(34)32-4-6-38(54)47-39(32)55)51-11-7-26(8-12-51)25-50-13-15-52(16-14-50)41-49-48-40(57-41)33-24-44-36(21-35(33)46-28-9-17-56-18-10-28)37-5-2-30-19-27(22-43)23-45-53(30)37/h1-3,5,19-21,23-24,26,28,32H,4,6-18,25H2,(H,44,46)(H,47,54,55)/t32-/m1/s1. The van der Waals surface area contributed by atoms with Gasteiger partial charge in [0.1, 0.15) is 11.9 Å². The number of nitrogens with one attached hydrogen (secondary N) is 2. The van der Waals surface area contributed by atoms with Crippen LogP contribution in [0.3, 0.4) is 0 Å². The van der Waals surface area contributed by atoms with Crippen molar-refractivity contribution in [3.63, 3.8) is 0 Å². The van der Waals surface area contributed by atoms with E-state index in [1.807, 2.05) is 35.0 Å². The van der Waals surface area contributed by atoms with Crippen LogP contribution in [-0.2, 0) is 14.3 Å². The van der Waals surface area contributed by atoms with Crippen LogP contribution in [0.5, 0.6) is 0 Å². The van der Waals surface area contributed by atoms with Crippen molar-refractivity contribution in [3.8, 4) is 28.0 Å². The van der Waals surface area contributed by atoms with Gasteiger partial charge in [0.25, 0.3) is 0 Å². The monoisotopic (exact) mass is 789 g/mol. The van der Waals surface area contributed by atoms with Gasteiger partial charge < -0.3 is 19.9 Å². The van der Waals surface area contributed by atoms with Crippen LogP contribution < -0.4 is 20.4 Å². The Labute approximate surface area is 333 Å². The highest BCUT2D eigenvalue weighted by Gasteiger charge is 2.31. The molecule has 57 heavy (non-hydrogen) atoms. The zero-order chi connectivity index (χ0) is 38.9. The maximum atomic E-state index is 15.2. The van der Waals surface area contributed by atoms with Crippen molar-refractivity contribution in [2.24, 2.45) is 5.92 Å². The molecule has 4 fully saturated rings. The SMILES string of the molecule is N#Cc1cnn2c(-c3cc(NC4CCOCC4)c(-c4nnc(N5CCN(CC6CCN(c7ccc([C@H]8CCC(=O)NC8=O)c(F)c7)CC6)CC5)s4)cn3)ccc2c1. The van der Waals surface area contributed by atoms with Crippen molar-refractivity contribution in [1.82, 2.24) is 35.0 Å². The molecule has 0 spiro atoms. The number of piperidine rings is 2. The number of pyridine rings is 1. The molecule has 4 saturated heterocycles. The molecule has 8 heterocycles. The van der Waals surface area contributed by atoms with Crippen LogP contribution in [0.2, 0.25) is 0 Å². The van der Waals surface area contributed by atoms with E-state index >= 15 is 4.39 Å². The Morgan fingerprint density at radius 1 is 0.930 bits per heavy atom. The molecule has 16 heteroatoms. The third-order valence-corrected chi connectivity index (χ3v) is 12.8. The van der Waals surface area contributed by atoms with Crippen molar-refractivity contribution in [2.45, 2.75) is 50.5 Å². The molecular weight excluding hydrogens is 746 g/mol. The number of imide groups is 1. The third-order valence-electron chi connectivity index (χ3n) is 11.8. The minimum absolute atomic E-state index is 0.229. The number of piperazine rings is 1. The number of nitriles is 1. The van der Waals surface area contributed by atoms with Gasteiger partial charge in [0, 0.05) is 94.6 Å². The Balaban J connectivity index is 0.813. The fourth-order valence-electron chi connectivity index (χ4n) is 8.50. The first kappa shape index (κ1) is 37.1. The van der Waals surface area contributed by atoms with Gasteiger partial charge in [0.2, 0.25) is 16.9 Å². The second-order valence-electron chi connectivity index (χ2n) is 15.4. The van der Waals surface area contributed by atoms with Crippen LogP contribution in [0, 0.1) is 23.1 Å². The highest BCUT2D eigenvalue weighted by molar-refractivity contribution is 7.18. The van der Waals surface area contributed by atoms with E-state index in [-0.39, 0.29) is 24.2 Å². The number of rotatable bonds is 9. The number of hydrogen-bond acceptors (Lipinski definition) is 13. The van der Waals surface area contributed by atoms with E-state index in [9.17, 15) is 14.9 Å². The lowest BCUT2D eigenvalue weighted by Gasteiger charge is -2.39. The van der Waals surface area contributed by atoms with Crippen molar-refractivity contribution in [3.05, 3.63) is 71.8 Å². The van der Waals surface area contributed by atoms with Crippen LogP contribution in [0.15, 0.2) is 54.9 Å². The summed E-state index contributed by atoms with van der Waals surface area (Å²) in [7, 11) is 0. The van der Waals surface area contributed by atoms with Gasteiger partial charge in [-0.15, -0.1) is 10.2 Å². The molecule has 4 aromatic heterocycles. The highest BCUT2D eigenvalue weighted by Crippen LogP contribution is 2.37. The van der Waals surface area contributed by atoms with Crippen LogP contribution >= 0.6 is 11.3 Å². The predicted molar refractivity (Wildman–Crippen MR) is 215 cm³/mol. The lowest BCUT2D eigenvalue weighted by atomic mass is 9.89. The number of anilines is 3. The molecule has 294 valence electrons. The summed E-state index contributed by atoms with van der Waals surface area (Å²) in [4.78, 5) is 35.8. The molecule has 14 nitrogen and oxygen atoms in total. The summed E-state index contributed by atoms with van der Waals surface area (Å²) in [5.74, 6) is -1.15. The number of nitrogens with zero attached hydrogens (tertiary/aromatic N) is 9. The quantitative estimate of drug-likeness (QED) is 0.192. The summed E-state index contributed by atoms with van der Waals surface area (Å²) in [6.45, 7) is 7.84. The van der Waals surface area contributed by atoms with Crippen LogP contribution in [0.4, 0.5) is 20.9 Å². The fourth-order valence-corrected chi connectivity index (χ4v) is 9.42. The number of fused-ring (bicyclic) bond motifs is 1. The summed E-state index contributed by atoms with van der Waals surface area (Å²) in [5, 5.41) is 31.0. The van der Waals surface area contributed by atoms with Gasteiger partial charge >= 0.3 is 0 Å². The van der Waals surface area contributed by atoms with Gasteiger partial charge in [-0.25, -0.2) is 8.91 Å². The second kappa shape index (κ2) is 16.2. The van der Waals surface area contributed by atoms with Gasteiger partial charge in [-0.2, -0.15) is 10.4 Å². The van der Waals surface area contributed by atoms with Crippen LogP contribution in [-0.4, -0.2) is 107 Å². The molecule has 0 radical (unpaired) electrons. The van der Waals surface area contributed by atoms with E-state index in [1.54, 1.807) is 29.7 Å². The molecule has 0 aliphatic carbocycles. The van der Waals surface area contributed by atoms with E-state index in [2.05, 4.69) is 52.8 Å². The number of amides is 2. The summed E-state index contributed by atoms with van der Waals surface area (Å²) in [6.07, 6.45) is 7.91. The van der Waals surface area contributed by atoms with Crippen LogP contribution in [0.25, 0.3) is 27.5 Å². The summed E-state index contributed by atoms with van der Waals surface area (Å²) >= 11 is 1.59. The largest absolute Gasteiger partial charge is 0.381 e. The first-order valence-corrected chi connectivity index (χ1v) is 20.6. The number of carbonyl (C=O) groups excluding carboxylic acids is 2. The third kappa shape index (κ3) is 7.92. The van der Waals surface area contributed by atoms with Gasteiger partial charge in [0.05, 0.1) is 40.1 Å². The molecule has 9 rings (SSSR count). The van der Waals surface area contributed by atoms with E-state index in [0.717, 1.165) is 129 Å². The molecular formula is C41H44FN11O3S. The maximum Gasteiger partial charge on any atom is 0.234 e. The Morgan fingerprint density at radius 2 is 1.75 bits per heavy atom. The average Bonchev–Trinajstić information content (AvgIpc) is 3.90. The lowest BCUT2D eigenvalue weighted by molar-refractivity contribution is -0.134. The van der Waals surface area contributed by atoms with Gasteiger partial charge in [-0.3, -0.25) is 24.8 Å². The Hall–Kier alpha value is -5.50. The summed E-state index contributed by atoms with van der Waals surface area (Å²) in [5.41, 5.74) is 6.01. The van der Waals surface area contributed by atoms with Gasteiger partial charge in [-0.05, 0) is 74.4 Å². The number of ether oxygens (including phenoxy) is 1. The smallest absolute Gasteiger partial charge is 0.234 e. The topological polar surface area (TPSA) is 157 Å². The number of halogens is 1. The highest BCUT2D eigenvalue weighted by atomic mass is 32.1. The Morgan fingerprint density at radius 3 is 2.53 bits per heavy atom. The first-order chi connectivity index (χ1) is 27.9. The zero-order valence-electron chi connectivity index (χ0n) is 31.6. The first-order valence-electron chi connectivity index (χ1n) is 19.8. The number of hydrogen-bond donors (Lipinski definition) is 2. The summed E-state index contributed by atoms with van der Waals surface area (Å²) < 4.78 is 22.6. The predicted octanol–water partition coefficient (Wildman–Crippen LogP) is 5.08. The number of benzene rings is 1. The minimum atomic E-state index is -0.623.